The van der Waals surface area contributed by atoms with Crippen LogP contribution in [0, 0.1) is 11.8 Å². The number of aryl methyl sites for hydroxylation is 1. The number of hydrogen-bond acceptors (Lipinski definition) is 3. The molecule has 2 heterocycles. The monoisotopic (exact) mass is 353 g/mol. The fourth-order valence-electron chi connectivity index (χ4n) is 3.82. The molecule has 1 aromatic carbocycles. The minimum Gasteiger partial charge on any atom is -0.377 e. The molecule has 5 nitrogen and oxygen atoms in total. The summed E-state index contributed by atoms with van der Waals surface area (Å²) in [5.74, 6) is 1.17. The van der Waals surface area contributed by atoms with Gasteiger partial charge in [0.15, 0.2) is 0 Å². The number of rotatable bonds is 6. The number of aromatic nitrogens is 2. The van der Waals surface area contributed by atoms with Crippen LogP contribution in [0.2, 0.25) is 0 Å². The molecule has 1 amide bonds. The quantitative estimate of drug-likeness (QED) is 0.802. The van der Waals surface area contributed by atoms with Crippen LogP contribution in [0.1, 0.15) is 35.3 Å². The smallest absolute Gasteiger partial charge is 0.272 e. The van der Waals surface area contributed by atoms with E-state index in [4.69, 9.17) is 4.74 Å². The van der Waals surface area contributed by atoms with Crippen molar-refractivity contribution in [3.63, 3.8) is 0 Å². The molecule has 5 heteroatoms. The van der Waals surface area contributed by atoms with E-state index in [0.29, 0.717) is 11.6 Å². The van der Waals surface area contributed by atoms with Crippen LogP contribution in [0.25, 0.3) is 0 Å². The highest BCUT2D eigenvalue weighted by molar-refractivity contribution is 5.92. The molecule has 1 saturated carbocycles. The van der Waals surface area contributed by atoms with E-state index >= 15 is 0 Å². The normalized spacial score (nSPS) is 23.2. The van der Waals surface area contributed by atoms with Crippen molar-refractivity contribution in [1.29, 1.82) is 0 Å². The lowest BCUT2D eigenvalue weighted by Crippen LogP contribution is -2.48. The summed E-state index contributed by atoms with van der Waals surface area (Å²) >= 11 is 0. The van der Waals surface area contributed by atoms with Crippen LogP contribution >= 0.6 is 0 Å². The van der Waals surface area contributed by atoms with Crippen LogP contribution in [-0.2, 0) is 18.2 Å². The lowest BCUT2D eigenvalue weighted by atomic mass is 9.88. The van der Waals surface area contributed by atoms with Gasteiger partial charge in [0.05, 0.1) is 6.10 Å². The Morgan fingerprint density at radius 2 is 2.00 bits per heavy atom. The molecule has 2 aromatic rings. The van der Waals surface area contributed by atoms with E-state index in [9.17, 15) is 4.79 Å². The molecule has 0 bridgehead atoms. The van der Waals surface area contributed by atoms with Crippen LogP contribution < -0.4 is 0 Å². The molecule has 138 valence electrons. The van der Waals surface area contributed by atoms with Gasteiger partial charge in [-0.15, -0.1) is 0 Å². The molecule has 2 aliphatic rings. The van der Waals surface area contributed by atoms with Crippen LogP contribution in [0.5, 0.6) is 0 Å². The second-order valence-electron chi connectivity index (χ2n) is 7.64. The Balaban J connectivity index is 1.46. The molecule has 26 heavy (non-hydrogen) atoms. The van der Waals surface area contributed by atoms with E-state index < -0.39 is 0 Å². The number of carbonyl (C=O) groups excluding carboxylic acids is 1. The highest BCUT2D eigenvalue weighted by atomic mass is 16.5. The van der Waals surface area contributed by atoms with Crippen molar-refractivity contribution in [2.75, 3.05) is 19.7 Å². The maximum Gasteiger partial charge on any atom is 0.272 e. The summed E-state index contributed by atoms with van der Waals surface area (Å²) < 4.78 is 7.94. The molecule has 2 atom stereocenters. The zero-order valence-corrected chi connectivity index (χ0v) is 15.4. The van der Waals surface area contributed by atoms with Gasteiger partial charge >= 0.3 is 0 Å². The highest BCUT2D eigenvalue weighted by Crippen LogP contribution is 2.32. The molecular formula is C21H27N3O2. The largest absolute Gasteiger partial charge is 0.377 e. The van der Waals surface area contributed by atoms with Gasteiger partial charge in [-0.05, 0) is 43.2 Å². The van der Waals surface area contributed by atoms with Crippen molar-refractivity contribution in [1.82, 2.24) is 14.7 Å². The van der Waals surface area contributed by atoms with Gasteiger partial charge in [0.2, 0.25) is 0 Å². The lowest BCUT2D eigenvalue weighted by Gasteiger charge is -2.38. The highest BCUT2D eigenvalue weighted by Gasteiger charge is 2.34. The van der Waals surface area contributed by atoms with Gasteiger partial charge in [0.25, 0.3) is 5.91 Å². The summed E-state index contributed by atoms with van der Waals surface area (Å²) in [6, 6.07) is 12.3. The number of carbonyl (C=O) groups is 1. The van der Waals surface area contributed by atoms with Crippen molar-refractivity contribution in [3.8, 4) is 0 Å². The Bertz CT molecular complexity index is 739. The molecular weight excluding hydrogens is 326 g/mol. The first kappa shape index (κ1) is 17.3. The van der Waals surface area contributed by atoms with Gasteiger partial charge in [-0.2, -0.15) is 5.10 Å². The van der Waals surface area contributed by atoms with E-state index in [1.165, 1.54) is 18.4 Å². The van der Waals surface area contributed by atoms with E-state index in [1.807, 2.05) is 18.0 Å². The Hall–Kier alpha value is -2.14. The van der Waals surface area contributed by atoms with Gasteiger partial charge in [0.1, 0.15) is 5.69 Å². The third kappa shape index (κ3) is 3.98. The minimum atomic E-state index is 0.0729. The number of amides is 1. The lowest BCUT2D eigenvalue weighted by molar-refractivity contribution is -0.0327. The van der Waals surface area contributed by atoms with Gasteiger partial charge in [0, 0.05) is 38.9 Å². The Kier molecular flexibility index (Phi) is 5.07. The minimum absolute atomic E-state index is 0.0729. The Morgan fingerprint density at radius 1 is 1.19 bits per heavy atom. The predicted octanol–water partition coefficient (Wildman–Crippen LogP) is 2.92. The zero-order chi connectivity index (χ0) is 17.9. The topological polar surface area (TPSA) is 47.4 Å². The molecule has 0 unspecified atom stereocenters. The molecule has 1 aliphatic carbocycles. The van der Waals surface area contributed by atoms with Gasteiger partial charge < -0.3 is 9.64 Å². The number of piperidine rings is 1. The maximum absolute atomic E-state index is 12.9. The van der Waals surface area contributed by atoms with Crippen LogP contribution in [0.4, 0.5) is 0 Å². The molecule has 1 aromatic heterocycles. The number of ether oxygens (including phenoxy) is 1. The Morgan fingerprint density at radius 3 is 2.69 bits per heavy atom. The second kappa shape index (κ2) is 7.62. The molecule has 0 spiro atoms. The Labute approximate surface area is 154 Å². The summed E-state index contributed by atoms with van der Waals surface area (Å²) in [6.07, 6.45) is 6.40. The summed E-state index contributed by atoms with van der Waals surface area (Å²) in [5.41, 5.74) is 1.97. The third-order valence-corrected chi connectivity index (χ3v) is 5.58. The number of benzene rings is 1. The molecule has 0 N–H and O–H groups in total. The first-order chi connectivity index (χ1) is 12.7. The first-order valence-corrected chi connectivity index (χ1v) is 9.63. The summed E-state index contributed by atoms with van der Waals surface area (Å²) in [7, 11) is 1.82. The average Bonchev–Trinajstić information content (AvgIpc) is 3.40. The van der Waals surface area contributed by atoms with Crippen LogP contribution in [0.3, 0.4) is 0 Å². The van der Waals surface area contributed by atoms with Gasteiger partial charge in [-0.25, -0.2) is 0 Å². The summed E-state index contributed by atoms with van der Waals surface area (Å²) in [4.78, 5) is 14.9. The van der Waals surface area contributed by atoms with Crippen molar-refractivity contribution in [2.24, 2.45) is 18.9 Å². The van der Waals surface area contributed by atoms with E-state index in [1.54, 1.807) is 16.9 Å². The fourth-order valence-corrected chi connectivity index (χ4v) is 3.82. The number of hydrogen-bond donors (Lipinski definition) is 0. The third-order valence-electron chi connectivity index (χ3n) is 5.58. The fraction of sp³-hybridized carbons (Fsp3) is 0.524. The standard InChI is InChI=1S/C21H27N3O2/c1-23-19(9-11-22-23)21(25)24-12-10-20(26-15-17-7-8-17)18(14-24)13-16-5-3-2-4-6-16/h2-6,9,11,17-18,20H,7-8,10,12-15H2,1H3/t18-,20-/m0/s1. The maximum atomic E-state index is 12.9. The van der Waals surface area contributed by atoms with Crippen molar-refractivity contribution < 1.29 is 9.53 Å². The van der Waals surface area contributed by atoms with Crippen molar-refractivity contribution in [2.45, 2.75) is 31.8 Å². The predicted molar refractivity (Wildman–Crippen MR) is 99.8 cm³/mol. The first-order valence-electron chi connectivity index (χ1n) is 9.63. The van der Waals surface area contributed by atoms with Crippen molar-refractivity contribution in [3.05, 3.63) is 53.9 Å². The van der Waals surface area contributed by atoms with Crippen LogP contribution in [0.15, 0.2) is 42.6 Å². The van der Waals surface area contributed by atoms with Crippen molar-refractivity contribution >= 4 is 5.91 Å². The van der Waals surface area contributed by atoms with E-state index in [-0.39, 0.29) is 12.0 Å². The number of likely N-dealkylation sites (tertiary alicyclic amines) is 1. The zero-order valence-electron chi connectivity index (χ0n) is 15.4. The average molecular weight is 353 g/mol. The summed E-state index contributed by atoms with van der Waals surface area (Å²) in [6.45, 7) is 2.38. The molecule has 1 aliphatic heterocycles. The van der Waals surface area contributed by atoms with Gasteiger partial charge in [-0.3, -0.25) is 9.48 Å². The van der Waals surface area contributed by atoms with E-state index in [0.717, 1.165) is 38.5 Å². The number of nitrogens with zero attached hydrogens (tertiary/aromatic N) is 3. The van der Waals surface area contributed by atoms with E-state index in [2.05, 4.69) is 29.4 Å². The SMILES string of the molecule is Cn1nccc1C(=O)N1CC[C@H](OCC2CC2)[C@@H](Cc2ccccc2)C1. The van der Waals surface area contributed by atoms with Gasteiger partial charge in [-0.1, -0.05) is 30.3 Å². The molecule has 2 fully saturated rings. The van der Waals surface area contributed by atoms with Crippen LogP contribution in [-0.4, -0.2) is 46.4 Å². The molecule has 1 saturated heterocycles. The molecule has 0 radical (unpaired) electrons. The molecule has 4 rings (SSSR count). The summed E-state index contributed by atoms with van der Waals surface area (Å²) in [5, 5.41) is 4.13. The second-order valence-corrected chi connectivity index (χ2v) is 7.64.